The molecule has 6 heteroatoms. The molecule has 0 aliphatic heterocycles. The molecule has 0 radical (unpaired) electrons. The molecule has 0 spiro atoms. The number of hydrogen-bond donors (Lipinski definition) is 0. The number of unbranched alkanes of at least 4 members (excludes halogenated alkanes) is 22. The van der Waals surface area contributed by atoms with Crippen LogP contribution in [0.15, 0.2) is 109 Å². The zero-order chi connectivity index (χ0) is 50.7. The highest BCUT2D eigenvalue weighted by atomic mass is 16.6. The standard InChI is InChI=1S/C64H106O6/c1-4-7-10-13-16-19-22-25-27-28-29-30-31-32-33-34-35-36-37-40-42-45-48-51-54-57-63(66)69-60-61(59-68-62(65)56-53-50-47-44-41-38-24-21-18-15-12-9-6-3)70-64(67)58-55-52-49-46-43-39-26-23-20-17-14-11-8-5-2/h7,9-10,12,16,18-19,21,25,27,29-30,32-33,38,41,47,50,61H,4-6,8,11,13-15,17,20,22-24,26,28,31,34-37,39-40,42-46,48-49,51-60H2,1-3H3/b10-7-,12-9-,19-16-,21-18-,27-25-,30-29-,33-32-,41-38-,50-47-. The summed E-state index contributed by atoms with van der Waals surface area (Å²) >= 11 is 0. The summed E-state index contributed by atoms with van der Waals surface area (Å²) in [5.41, 5.74) is 0. The predicted octanol–water partition coefficient (Wildman–Crippen LogP) is 19.5. The number of ether oxygens (including phenoxy) is 3. The average Bonchev–Trinajstić information content (AvgIpc) is 3.36. The van der Waals surface area contributed by atoms with E-state index in [4.69, 9.17) is 14.2 Å². The highest BCUT2D eigenvalue weighted by molar-refractivity contribution is 5.71. The normalized spacial score (nSPS) is 12.9. The molecule has 0 N–H and O–H groups in total. The van der Waals surface area contributed by atoms with Crippen LogP contribution in [0.1, 0.15) is 258 Å². The molecule has 0 bridgehead atoms. The SMILES string of the molecule is CC/C=C\C/C=C\C/C=C\C/C=C\C/C=C\CCCCCCCCCCCC(=O)OCC(COC(=O)CC/C=C\C/C=C\C/C=C\C/C=C\CC)OC(=O)CCCCCCCCCCCCCCCC. The zero-order valence-electron chi connectivity index (χ0n) is 45.5. The second kappa shape index (κ2) is 57.6. The lowest BCUT2D eigenvalue weighted by atomic mass is 10.0. The van der Waals surface area contributed by atoms with E-state index in [1.54, 1.807) is 0 Å². The van der Waals surface area contributed by atoms with Crippen LogP contribution in [0.3, 0.4) is 0 Å². The molecule has 1 atom stereocenters. The highest BCUT2D eigenvalue weighted by Crippen LogP contribution is 2.15. The van der Waals surface area contributed by atoms with Gasteiger partial charge in [-0.15, -0.1) is 0 Å². The number of allylic oxidation sites excluding steroid dienone is 18. The minimum absolute atomic E-state index is 0.103. The second-order valence-corrected chi connectivity index (χ2v) is 18.8. The summed E-state index contributed by atoms with van der Waals surface area (Å²) < 4.78 is 16.8. The van der Waals surface area contributed by atoms with Crippen molar-refractivity contribution >= 4 is 17.9 Å². The Labute approximate surface area is 431 Å². The van der Waals surface area contributed by atoms with Gasteiger partial charge < -0.3 is 14.2 Å². The van der Waals surface area contributed by atoms with Gasteiger partial charge in [0.2, 0.25) is 0 Å². The Bertz CT molecular complexity index is 1440. The second-order valence-electron chi connectivity index (χ2n) is 18.8. The van der Waals surface area contributed by atoms with Gasteiger partial charge in [0.1, 0.15) is 13.2 Å². The van der Waals surface area contributed by atoms with E-state index in [1.165, 1.54) is 109 Å². The Balaban J connectivity index is 4.36. The summed E-state index contributed by atoms with van der Waals surface area (Å²) in [7, 11) is 0. The minimum atomic E-state index is -0.809. The summed E-state index contributed by atoms with van der Waals surface area (Å²) in [4.78, 5) is 38.1. The first-order chi connectivity index (χ1) is 34.5. The van der Waals surface area contributed by atoms with Gasteiger partial charge in [-0.25, -0.2) is 0 Å². The Morgan fingerprint density at radius 3 is 0.957 bits per heavy atom. The molecule has 0 rings (SSSR count). The Hall–Kier alpha value is -3.93. The third-order valence-electron chi connectivity index (χ3n) is 12.0. The molecule has 0 saturated heterocycles. The zero-order valence-corrected chi connectivity index (χ0v) is 45.5. The minimum Gasteiger partial charge on any atom is -0.462 e. The van der Waals surface area contributed by atoms with Crippen molar-refractivity contribution in [2.75, 3.05) is 13.2 Å². The molecule has 0 fully saturated rings. The first-order valence-corrected chi connectivity index (χ1v) is 28.9. The van der Waals surface area contributed by atoms with Crippen molar-refractivity contribution in [1.29, 1.82) is 0 Å². The molecule has 0 aliphatic carbocycles. The van der Waals surface area contributed by atoms with Gasteiger partial charge in [0, 0.05) is 19.3 Å². The van der Waals surface area contributed by atoms with E-state index in [0.717, 1.165) is 103 Å². The lowest BCUT2D eigenvalue weighted by Gasteiger charge is -2.18. The molecule has 398 valence electrons. The summed E-state index contributed by atoms with van der Waals surface area (Å²) in [6.07, 6.45) is 78.1. The molecular weight excluding hydrogens is 865 g/mol. The average molecular weight is 972 g/mol. The molecule has 6 nitrogen and oxygen atoms in total. The van der Waals surface area contributed by atoms with Crippen molar-refractivity contribution < 1.29 is 28.6 Å². The molecular formula is C64H106O6. The van der Waals surface area contributed by atoms with Crippen molar-refractivity contribution in [3.63, 3.8) is 0 Å². The van der Waals surface area contributed by atoms with Gasteiger partial charge in [0.05, 0.1) is 0 Å². The number of carbonyl (C=O) groups excluding carboxylic acids is 3. The maximum atomic E-state index is 12.8. The number of rotatable bonds is 51. The largest absolute Gasteiger partial charge is 0.462 e. The molecule has 0 aromatic rings. The van der Waals surface area contributed by atoms with Crippen molar-refractivity contribution in [2.24, 2.45) is 0 Å². The van der Waals surface area contributed by atoms with Crippen LogP contribution in [0.25, 0.3) is 0 Å². The van der Waals surface area contributed by atoms with Crippen LogP contribution < -0.4 is 0 Å². The van der Waals surface area contributed by atoms with Crippen LogP contribution in [-0.4, -0.2) is 37.2 Å². The Morgan fingerprint density at radius 1 is 0.300 bits per heavy atom. The van der Waals surface area contributed by atoms with E-state index in [9.17, 15) is 14.4 Å². The molecule has 0 heterocycles. The van der Waals surface area contributed by atoms with Crippen LogP contribution in [0, 0.1) is 0 Å². The van der Waals surface area contributed by atoms with E-state index in [2.05, 4.69) is 124 Å². The fraction of sp³-hybridized carbons (Fsp3) is 0.672. The summed E-state index contributed by atoms with van der Waals surface area (Å²) in [5.74, 6) is -0.990. The van der Waals surface area contributed by atoms with Crippen LogP contribution in [0.4, 0.5) is 0 Å². The lowest BCUT2D eigenvalue weighted by molar-refractivity contribution is -0.166. The van der Waals surface area contributed by atoms with Crippen LogP contribution in [-0.2, 0) is 28.6 Å². The summed E-state index contributed by atoms with van der Waals surface area (Å²) in [6.45, 7) is 6.35. The summed E-state index contributed by atoms with van der Waals surface area (Å²) in [6, 6.07) is 0. The maximum absolute atomic E-state index is 12.8. The first kappa shape index (κ1) is 66.1. The molecule has 0 aromatic heterocycles. The lowest BCUT2D eigenvalue weighted by Crippen LogP contribution is -2.30. The third-order valence-corrected chi connectivity index (χ3v) is 12.0. The van der Waals surface area contributed by atoms with Crippen molar-refractivity contribution in [3.05, 3.63) is 109 Å². The van der Waals surface area contributed by atoms with E-state index in [1.807, 2.05) is 6.08 Å². The molecule has 0 aliphatic rings. The van der Waals surface area contributed by atoms with Gasteiger partial charge >= 0.3 is 17.9 Å². The number of hydrogen-bond acceptors (Lipinski definition) is 6. The molecule has 0 saturated carbocycles. The van der Waals surface area contributed by atoms with E-state index in [-0.39, 0.29) is 37.5 Å². The smallest absolute Gasteiger partial charge is 0.306 e. The van der Waals surface area contributed by atoms with Gasteiger partial charge in [0.25, 0.3) is 0 Å². The number of carbonyl (C=O) groups is 3. The molecule has 1 unspecified atom stereocenters. The van der Waals surface area contributed by atoms with Gasteiger partial charge in [0.15, 0.2) is 6.10 Å². The monoisotopic (exact) mass is 971 g/mol. The molecule has 70 heavy (non-hydrogen) atoms. The van der Waals surface area contributed by atoms with Crippen LogP contribution in [0.2, 0.25) is 0 Å². The van der Waals surface area contributed by atoms with E-state index in [0.29, 0.717) is 19.3 Å². The Morgan fingerprint density at radius 2 is 0.586 bits per heavy atom. The first-order valence-electron chi connectivity index (χ1n) is 28.9. The van der Waals surface area contributed by atoms with E-state index >= 15 is 0 Å². The molecule has 0 aromatic carbocycles. The van der Waals surface area contributed by atoms with Crippen LogP contribution >= 0.6 is 0 Å². The maximum Gasteiger partial charge on any atom is 0.306 e. The van der Waals surface area contributed by atoms with Gasteiger partial charge in [-0.05, 0) is 89.9 Å². The fourth-order valence-corrected chi connectivity index (χ4v) is 7.78. The quantitative estimate of drug-likeness (QED) is 0.0262. The van der Waals surface area contributed by atoms with Gasteiger partial charge in [-0.1, -0.05) is 259 Å². The van der Waals surface area contributed by atoms with Gasteiger partial charge in [-0.2, -0.15) is 0 Å². The van der Waals surface area contributed by atoms with E-state index < -0.39 is 6.10 Å². The van der Waals surface area contributed by atoms with Crippen LogP contribution in [0.5, 0.6) is 0 Å². The Kier molecular flexibility index (Phi) is 54.4. The van der Waals surface area contributed by atoms with Crippen molar-refractivity contribution in [2.45, 2.75) is 264 Å². The third kappa shape index (κ3) is 55.0. The fourth-order valence-electron chi connectivity index (χ4n) is 7.78. The summed E-state index contributed by atoms with van der Waals surface area (Å²) in [5, 5.41) is 0. The van der Waals surface area contributed by atoms with Gasteiger partial charge in [-0.3, -0.25) is 14.4 Å². The molecule has 0 amide bonds. The van der Waals surface area contributed by atoms with Crippen molar-refractivity contribution in [3.8, 4) is 0 Å². The highest BCUT2D eigenvalue weighted by Gasteiger charge is 2.19. The predicted molar refractivity (Wildman–Crippen MR) is 302 cm³/mol. The number of esters is 3. The van der Waals surface area contributed by atoms with Crippen molar-refractivity contribution in [1.82, 2.24) is 0 Å². The topological polar surface area (TPSA) is 78.9 Å².